The van der Waals surface area contributed by atoms with Gasteiger partial charge in [0, 0.05) is 0 Å². The highest BCUT2D eigenvalue weighted by atomic mass is 16.7. The largest absolute Gasteiger partial charge is 0.462 e. The second-order valence-corrected chi connectivity index (χ2v) is 3.79. The van der Waals surface area contributed by atoms with Crippen molar-refractivity contribution >= 4 is 5.97 Å². The van der Waals surface area contributed by atoms with Crippen LogP contribution in [-0.2, 0) is 14.2 Å². The van der Waals surface area contributed by atoms with E-state index in [1.165, 1.54) is 0 Å². The summed E-state index contributed by atoms with van der Waals surface area (Å²) >= 11 is 0. The van der Waals surface area contributed by atoms with Crippen LogP contribution in [0.5, 0.6) is 0 Å². The summed E-state index contributed by atoms with van der Waals surface area (Å²) in [4.78, 5) is 11.2. The molecule has 1 aliphatic heterocycles. The van der Waals surface area contributed by atoms with Crippen molar-refractivity contribution < 1.29 is 19.0 Å². The molecule has 0 N–H and O–H groups in total. The third-order valence-electron chi connectivity index (χ3n) is 2.19. The van der Waals surface area contributed by atoms with Crippen molar-refractivity contribution in [2.24, 2.45) is 0 Å². The van der Waals surface area contributed by atoms with Crippen LogP contribution in [0.2, 0.25) is 0 Å². The monoisotopic (exact) mass is 252 g/mol. The van der Waals surface area contributed by atoms with E-state index < -0.39 is 0 Å². The van der Waals surface area contributed by atoms with Gasteiger partial charge in [-0.3, -0.25) is 0 Å². The lowest BCUT2D eigenvalue weighted by molar-refractivity contribution is -0.0963. The van der Waals surface area contributed by atoms with Gasteiger partial charge in [0.2, 0.25) is 0 Å². The molecule has 1 aromatic rings. The van der Waals surface area contributed by atoms with Crippen molar-refractivity contribution in [1.29, 1.82) is 0 Å². The lowest BCUT2D eigenvalue weighted by Gasteiger charge is -2.09. The molecule has 1 heterocycles. The van der Waals surface area contributed by atoms with Gasteiger partial charge in [-0.05, 0) is 25.0 Å². The number of hydrogen-bond donors (Lipinski definition) is 0. The Morgan fingerprint density at radius 1 is 1.22 bits per heavy atom. The Hall–Kier alpha value is -1.39. The van der Waals surface area contributed by atoms with Gasteiger partial charge < -0.3 is 14.2 Å². The van der Waals surface area contributed by atoms with E-state index in [-0.39, 0.29) is 5.97 Å². The van der Waals surface area contributed by atoms with Crippen LogP contribution in [-0.4, -0.2) is 32.6 Å². The van der Waals surface area contributed by atoms with Crippen molar-refractivity contribution in [3.05, 3.63) is 35.9 Å². The average molecular weight is 252 g/mol. The second-order valence-electron chi connectivity index (χ2n) is 3.79. The molecular weight excluding hydrogens is 232 g/mol. The quantitative estimate of drug-likeness (QED) is 0.776. The molecule has 0 bridgehead atoms. The molecule has 1 aliphatic rings. The number of esters is 1. The fraction of sp³-hybridized carbons (Fsp3) is 0.500. The van der Waals surface area contributed by atoms with Crippen molar-refractivity contribution in [1.82, 2.24) is 0 Å². The number of benzene rings is 1. The standard InChI is InChI=1S/C10H12O2.C4H8O2/c1-2-8-12-10(11)9-6-4-3-5-7-9;1-2-5-4-6-3-1/h3-7H,2,8H2,1H3;1-4H2. The van der Waals surface area contributed by atoms with E-state index in [0.29, 0.717) is 19.0 Å². The molecule has 0 aromatic heterocycles. The van der Waals surface area contributed by atoms with Crippen LogP contribution in [0.3, 0.4) is 0 Å². The van der Waals surface area contributed by atoms with Crippen LogP contribution in [0.15, 0.2) is 30.3 Å². The minimum absolute atomic E-state index is 0.238. The zero-order valence-corrected chi connectivity index (χ0v) is 10.8. The molecule has 1 fully saturated rings. The zero-order chi connectivity index (χ0) is 13.1. The highest BCUT2D eigenvalue weighted by Crippen LogP contribution is 2.00. The summed E-state index contributed by atoms with van der Waals surface area (Å²) in [7, 11) is 0. The topological polar surface area (TPSA) is 44.8 Å². The van der Waals surface area contributed by atoms with Crippen molar-refractivity contribution in [3.8, 4) is 0 Å². The van der Waals surface area contributed by atoms with Crippen molar-refractivity contribution in [2.75, 3.05) is 26.6 Å². The summed E-state index contributed by atoms with van der Waals surface area (Å²) in [5.41, 5.74) is 0.617. The summed E-state index contributed by atoms with van der Waals surface area (Å²) in [5.74, 6) is -0.238. The maximum absolute atomic E-state index is 11.2. The Labute approximate surface area is 108 Å². The van der Waals surface area contributed by atoms with E-state index >= 15 is 0 Å². The first-order valence-electron chi connectivity index (χ1n) is 6.22. The van der Waals surface area contributed by atoms with Crippen LogP contribution in [0.4, 0.5) is 0 Å². The Morgan fingerprint density at radius 3 is 2.33 bits per heavy atom. The predicted molar refractivity (Wildman–Crippen MR) is 68.4 cm³/mol. The Bertz CT molecular complexity index is 308. The van der Waals surface area contributed by atoms with Crippen LogP contribution >= 0.6 is 0 Å². The molecule has 0 atom stereocenters. The van der Waals surface area contributed by atoms with E-state index in [4.69, 9.17) is 14.2 Å². The van der Waals surface area contributed by atoms with Gasteiger partial charge in [-0.1, -0.05) is 25.1 Å². The summed E-state index contributed by atoms with van der Waals surface area (Å²) in [5, 5.41) is 0. The molecule has 2 rings (SSSR count). The van der Waals surface area contributed by atoms with Crippen LogP contribution in [0.1, 0.15) is 30.1 Å². The molecule has 0 radical (unpaired) electrons. The molecule has 100 valence electrons. The van der Waals surface area contributed by atoms with E-state index in [1.54, 1.807) is 12.1 Å². The van der Waals surface area contributed by atoms with E-state index in [9.17, 15) is 4.79 Å². The number of carbonyl (C=O) groups excluding carboxylic acids is 1. The van der Waals surface area contributed by atoms with Gasteiger partial charge in [-0.15, -0.1) is 0 Å². The molecule has 0 spiro atoms. The third-order valence-corrected chi connectivity index (χ3v) is 2.19. The minimum Gasteiger partial charge on any atom is -0.462 e. The highest BCUT2D eigenvalue weighted by molar-refractivity contribution is 5.89. The van der Waals surface area contributed by atoms with Crippen molar-refractivity contribution in [2.45, 2.75) is 19.8 Å². The van der Waals surface area contributed by atoms with E-state index in [2.05, 4.69) is 0 Å². The van der Waals surface area contributed by atoms with Crippen LogP contribution in [0.25, 0.3) is 0 Å². The zero-order valence-electron chi connectivity index (χ0n) is 10.8. The number of rotatable bonds is 3. The number of carbonyl (C=O) groups is 1. The molecule has 4 heteroatoms. The maximum atomic E-state index is 11.2. The Morgan fingerprint density at radius 2 is 1.89 bits per heavy atom. The molecule has 1 saturated heterocycles. The van der Waals surface area contributed by atoms with E-state index in [1.807, 2.05) is 25.1 Å². The summed E-state index contributed by atoms with van der Waals surface area (Å²) < 4.78 is 14.6. The predicted octanol–water partition coefficient (Wildman–Crippen LogP) is 2.63. The molecule has 4 nitrogen and oxygen atoms in total. The average Bonchev–Trinajstić information content (AvgIpc) is 2.48. The summed E-state index contributed by atoms with van der Waals surface area (Å²) in [6.07, 6.45) is 1.92. The number of hydrogen-bond acceptors (Lipinski definition) is 4. The first-order chi connectivity index (χ1) is 8.84. The lowest BCUT2D eigenvalue weighted by Crippen LogP contribution is -2.11. The molecule has 1 aromatic carbocycles. The van der Waals surface area contributed by atoms with Gasteiger partial charge in [0.15, 0.2) is 0 Å². The van der Waals surface area contributed by atoms with Gasteiger partial charge in [0.25, 0.3) is 0 Å². The molecule has 0 amide bonds. The van der Waals surface area contributed by atoms with Crippen LogP contribution in [0, 0.1) is 0 Å². The number of ether oxygens (including phenoxy) is 3. The van der Waals surface area contributed by atoms with E-state index in [0.717, 1.165) is 26.1 Å². The lowest BCUT2D eigenvalue weighted by atomic mass is 10.2. The summed E-state index contributed by atoms with van der Waals surface area (Å²) in [6, 6.07) is 9.01. The maximum Gasteiger partial charge on any atom is 0.338 e. The first kappa shape index (κ1) is 14.7. The smallest absolute Gasteiger partial charge is 0.338 e. The van der Waals surface area contributed by atoms with Gasteiger partial charge >= 0.3 is 5.97 Å². The second kappa shape index (κ2) is 9.62. The Kier molecular flexibility index (Phi) is 7.84. The third kappa shape index (κ3) is 6.37. The summed E-state index contributed by atoms with van der Waals surface area (Å²) in [6.45, 7) is 4.71. The molecular formula is C14H20O4. The molecule has 0 aliphatic carbocycles. The van der Waals surface area contributed by atoms with Gasteiger partial charge in [0.1, 0.15) is 6.79 Å². The Balaban J connectivity index is 0.000000225. The fourth-order valence-corrected chi connectivity index (χ4v) is 1.29. The first-order valence-corrected chi connectivity index (χ1v) is 6.22. The highest BCUT2D eigenvalue weighted by Gasteiger charge is 2.03. The fourth-order valence-electron chi connectivity index (χ4n) is 1.29. The van der Waals surface area contributed by atoms with Gasteiger partial charge in [-0.25, -0.2) is 4.79 Å². The van der Waals surface area contributed by atoms with Crippen LogP contribution < -0.4 is 0 Å². The normalized spacial score (nSPS) is 14.3. The van der Waals surface area contributed by atoms with Crippen molar-refractivity contribution in [3.63, 3.8) is 0 Å². The van der Waals surface area contributed by atoms with Gasteiger partial charge in [-0.2, -0.15) is 0 Å². The van der Waals surface area contributed by atoms with Gasteiger partial charge in [0.05, 0.1) is 25.4 Å². The molecule has 18 heavy (non-hydrogen) atoms. The molecule has 0 unspecified atom stereocenters. The minimum atomic E-state index is -0.238. The molecule has 0 saturated carbocycles. The SMILES string of the molecule is C1COCOC1.CCCOC(=O)c1ccccc1.